The van der Waals surface area contributed by atoms with Crippen LogP contribution in [0.2, 0.25) is 0 Å². The van der Waals surface area contributed by atoms with Crippen LogP contribution in [0.25, 0.3) is 0 Å². The number of nitrogens with one attached hydrogen (secondary N) is 2. The van der Waals surface area contributed by atoms with Crippen LogP contribution in [0.5, 0.6) is 0 Å². The molecule has 0 amide bonds. The van der Waals surface area contributed by atoms with E-state index in [9.17, 15) is 0 Å². The van der Waals surface area contributed by atoms with Crippen molar-refractivity contribution in [2.75, 3.05) is 35.2 Å². The molecule has 0 aliphatic rings. The highest BCUT2D eigenvalue weighted by Gasteiger charge is 2.02. The van der Waals surface area contributed by atoms with Gasteiger partial charge in [0, 0.05) is 37.2 Å². The van der Waals surface area contributed by atoms with Crippen molar-refractivity contribution in [1.29, 1.82) is 0 Å². The second-order valence-corrected chi connectivity index (χ2v) is 4.64. The van der Waals surface area contributed by atoms with E-state index in [1.807, 2.05) is 13.0 Å². The fraction of sp³-hybridized carbons (Fsp3) is 0.375. The number of benzene rings is 1. The summed E-state index contributed by atoms with van der Waals surface area (Å²) in [5.41, 5.74) is 2.26. The van der Waals surface area contributed by atoms with Crippen LogP contribution in [0.15, 0.2) is 36.5 Å². The highest BCUT2D eigenvalue weighted by atomic mass is 15.1. The molecule has 2 N–H and O–H groups in total. The van der Waals surface area contributed by atoms with E-state index in [1.165, 1.54) is 5.69 Å². The van der Waals surface area contributed by atoms with Crippen LogP contribution in [0, 0.1) is 0 Å². The monoisotopic (exact) mass is 285 g/mol. The molecule has 0 radical (unpaired) electrons. The van der Waals surface area contributed by atoms with Crippen LogP contribution in [0.3, 0.4) is 0 Å². The van der Waals surface area contributed by atoms with E-state index in [0.29, 0.717) is 5.95 Å². The largest absolute Gasteiger partial charge is 0.372 e. The normalized spacial score (nSPS) is 10.2. The number of hydrogen-bond acceptors (Lipinski definition) is 5. The van der Waals surface area contributed by atoms with Gasteiger partial charge in [0.15, 0.2) is 0 Å². The van der Waals surface area contributed by atoms with Gasteiger partial charge in [0.05, 0.1) is 0 Å². The molecular weight excluding hydrogens is 262 g/mol. The Labute approximate surface area is 126 Å². The molecule has 21 heavy (non-hydrogen) atoms. The van der Waals surface area contributed by atoms with E-state index >= 15 is 0 Å². The van der Waals surface area contributed by atoms with Gasteiger partial charge in [-0.05, 0) is 51.1 Å². The molecule has 0 aliphatic carbocycles. The summed E-state index contributed by atoms with van der Waals surface area (Å²) in [6.07, 6.45) is 1.75. The molecule has 5 nitrogen and oxygen atoms in total. The Morgan fingerprint density at radius 2 is 1.71 bits per heavy atom. The minimum Gasteiger partial charge on any atom is -0.372 e. The Balaban J connectivity index is 2.08. The van der Waals surface area contributed by atoms with Gasteiger partial charge in [0.1, 0.15) is 5.82 Å². The zero-order valence-corrected chi connectivity index (χ0v) is 12.9. The highest BCUT2D eigenvalue weighted by molar-refractivity contribution is 5.61. The second-order valence-electron chi connectivity index (χ2n) is 4.64. The summed E-state index contributed by atoms with van der Waals surface area (Å²) in [6.45, 7) is 9.19. The van der Waals surface area contributed by atoms with Crippen molar-refractivity contribution in [2.45, 2.75) is 20.8 Å². The van der Waals surface area contributed by atoms with Crippen molar-refractivity contribution < 1.29 is 0 Å². The minimum absolute atomic E-state index is 0.641. The van der Waals surface area contributed by atoms with Gasteiger partial charge in [0.2, 0.25) is 5.95 Å². The molecule has 2 aromatic rings. The molecule has 0 atom stereocenters. The maximum atomic E-state index is 4.40. The summed E-state index contributed by atoms with van der Waals surface area (Å²) in [4.78, 5) is 10.9. The van der Waals surface area contributed by atoms with Crippen molar-refractivity contribution >= 4 is 23.1 Å². The van der Waals surface area contributed by atoms with E-state index in [4.69, 9.17) is 0 Å². The Kier molecular flexibility index (Phi) is 5.37. The van der Waals surface area contributed by atoms with Gasteiger partial charge in [-0.1, -0.05) is 0 Å². The van der Waals surface area contributed by atoms with Crippen LogP contribution >= 0.6 is 0 Å². The molecule has 0 bridgehead atoms. The summed E-state index contributed by atoms with van der Waals surface area (Å²) in [5, 5.41) is 6.40. The third-order valence-corrected chi connectivity index (χ3v) is 3.26. The quantitative estimate of drug-likeness (QED) is 0.815. The molecule has 5 heteroatoms. The fourth-order valence-corrected chi connectivity index (χ4v) is 2.16. The fourth-order valence-electron chi connectivity index (χ4n) is 2.16. The summed E-state index contributed by atoms with van der Waals surface area (Å²) in [7, 11) is 0. The molecule has 0 saturated carbocycles. The lowest BCUT2D eigenvalue weighted by atomic mass is 10.2. The van der Waals surface area contributed by atoms with Gasteiger partial charge in [0.25, 0.3) is 0 Å². The van der Waals surface area contributed by atoms with Crippen LogP contribution < -0.4 is 15.5 Å². The van der Waals surface area contributed by atoms with Crippen molar-refractivity contribution in [3.63, 3.8) is 0 Å². The van der Waals surface area contributed by atoms with E-state index in [2.05, 4.69) is 63.6 Å². The number of aromatic nitrogens is 2. The Morgan fingerprint density at radius 1 is 1.00 bits per heavy atom. The zero-order valence-electron chi connectivity index (χ0n) is 12.9. The molecule has 1 aromatic heterocycles. The average molecular weight is 285 g/mol. The van der Waals surface area contributed by atoms with Gasteiger partial charge in [-0.15, -0.1) is 0 Å². The van der Waals surface area contributed by atoms with E-state index in [-0.39, 0.29) is 0 Å². The first-order chi connectivity index (χ1) is 10.3. The molecule has 0 spiro atoms. The van der Waals surface area contributed by atoms with Crippen molar-refractivity contribution in [1.82, 2.24) is 9.97 Å². The van der Waals surface area contributed by atoms with Crippen LogP contribution in [0.1, 0.15) is 20.8 Å². The van der Waals surface area contributed by atoms with Gasteiger partial charge in [-0.25, -0.2) is 4.98 Å². The molecule has 1 heterocycles. The summed E-state index contributed by atoms with van der Waals surface area (Å²) in [6, 6.07) is 10.3. The van der Waals surface area contributed by atoms with E-state index in [0.717, 1.165) is 31.1 Å². The average Bonchev–Trinajstić information content (AvgIpc) is 2.51. The lowest BCUT2D eigenvalue weighted by Gasteiger charge is -2.21. The standard InChI is InChI=1S/C16H23N5/c1-4-17-16-18-12-11-15(20-16)19-13-7-9-14(10-8-13)21(5-2)6-3/h7-12H,4-6H2,1-3H3,(H2,17,18,19,20). The van der Waals surface area contributed by atoms with Gasteiger partial charge < -0.3 is 15.5 Å². The molecule has 0 unspecified atom stereocenters. The van der Waals surface area contributed by atoms with Crippen LogP contribution in [-0.4, -0.2) is 29.6 Å². The van der Waals surface area contributed by atoms with E-state index in [1.54, 1.807) is 6.20 Å². The lowest BCUT2D eigenvalue weighted by molar-refractivity contribution is 0.866. The summed E-state index contributed by atoms with van der Waals surface area (Å²) in [5.74, 6) is 1.43. The molecule has 112 valence electrons. The highest BCUT2D eigenvalue weighted by Crippen LogP contribution is 2.20. The molecular formula is C16H23N5. The SMILES string of the molecule is CCNc1nccc(Nc2ccc(N(CC)CC)cc2)n1. The maximum Gasteiger partial charge on any atom is 0.224 e. The van der Waals surface area contributed by atoms with Crippen LogP contribution in [0.4, 0.5) is 23.1 Å². The van der Waals surface area contributed by atoms with E-state index < -0.39 is 0 Å². The second kappa shape index (κ2) is 7.47. The number of anilines is 4. The van der Waals surface area contributed by atoms with Gasteiger partial charge >= 0.3 is 0 Å². The van der Waals surface area contributed by atoms with Gasteiger partial charge in [-0.2, -0.15) is 4.98 Å². The Morgan fingerprint density at radius 3 is 2.33 bits per heavy atom. The summed E-state index contributed by atoms with van der Waals surface area (Å²) >= 11 is 0. The van der Waals surface area contributed by atoms with Crippen molar-refractivity contribution in [2.24, 2.45) is 0 Å². The third kappa shape index (κ3) is 4.08. The molecule has 2 rings (SSSR count). The predicted molar refractivity (Wildman–Crippen MR) is 89.5 cm³/mol. The minimum atomic E-state index is 0.641. The smallest absolute Gasteiger partial charge is 0.224 e. The molecule has 1 aromatic carbocycles. The Bertz CT molecular complexity index is 549. The van der Waals surface area contributed by atoms with Crippen molar-refractivity contribution in [3.8, 4) is 0 Å². The first kappa shape index (κ1) is 15.1. The number of rotatable bonds is 7. The van der Waals surface area contributed by atoms with Crippen molar-refractivity contribution in [3.05, 3.63) is 36.5 Å². The number of hydrogen-bond donors (Lipinski definition) is 2. The number of nitrogens with zero attached hydrogens (tertiary/aromatic N) is 3. The zero-order chi connectivity index (χ0) is 15.1. The Hall–Kier alpha value is -2.30. The first-order valence-corrected chi connectivity index (χ1v) is 7.45. The molecule has 0 aliphatic heterocycles. The predicted octanol–water partition coefficient (Wildman–Crippen LogP) is 3.50. The lowest BCUT2D eigenvalue weighted by Crippen LogP contribution is -2.21. The topological polar surface area (TPSA) is 53.1 Å². The molecule has 0 fully saturated rings. The summed E-state index contributed by atoms with van der Waals surface area (Å²) < 4.78 is 0. The molecule has 0 saturated heterocycles. The van der Waals surface area contributed by atoms with Crippen LogP contribution in [-0.2, 0) is 0 Å². The first-order valence-electron chi connectivity index (χ1n) is 7.45. The third-order valence-electron chi connectivity index (χ3n) is 3.26. The van der Waals surface area contributed by atoms with Gasteiger partial charge in [-0.3, -0.25) is 0 Å². The maximum absolute atomic E-state index is 4.40.